The molecule has 2 rings (SSSR count). The number of aryl methyl sites for hydroxylation is 2. The summed E-state index contributed by atoms with van der Waals surface area (Å²) in [6.45, 7) is 9.07. The largest absolute Gasteiger partial charge is 0.466 e. The van der Waals surface area contributed by atoms with E-state index in [-0.39, 0.29) is 5.97 Å². The Balaban J connectivity index is 1.89. The van der Waals surface area contributed by atoms with Crippen molar-refractivity contribution in [3.8, 4) is 0 Å². The standard InChI is InChI=1S/C18H28N2O4S/c1-4-24-18(21)6-5-9-19-10-12-20(13-11-19)25(22,23)17-14-15(2)7-8-16(17)3/h7-8,14H,4-6,9-13H2,1-3H3. The number of carbonyl (C=O) groups excluding carboxylic acids is 1. The molecule has 1 aliphatic heterocycles. The summed E-state index contributed by atoms with van der Waals surface area (Å²) in [4.78, 5) is 14.0. The monoisotopic (exact) mass is 368 g/mol. The van der Waals surface area contributed by atoms with Crippen molar-refractivity contribution in [3.05, 3.63) is 29.3 Å². The molecule has 0 saturated carbocycles. The first-order valence-corrected chi connectivity index (χ1v) is 10.2. The second-order valence-corrected chi connectivity index (χ2v) is 8.33. The summed E-state index contributed by atoms with van der Waals surface area (Å²) in [6.07, 6.45) is 1.15. The minimum absolute atomic E-state index is 0.168. The van der Waals surface area contributed by atoms with Gasteiger partial charge in [0.2, 0.25) is 10.0 Å². The highest BCUT2D eigenvalue weighted by molar-refractivity contribution is 7.89. The number of esters is 1. The molecule has 1 aliphatic rings. The van der Waals surface area contributed by atoms with Crippen LogP contribution in [0.4, 0.5) is 0 Å². The van der Waals surface area contributed by atoms with Gasteiger partial charge in [-0.05, 0) is 50.9 Å². The molecule has 1 saturated heterocycles. The van der Waals surface area contributed by atoms with Crippen LogP contribution in [0.5, 0.6) is 0 Å². The van der Waals surface area contributed by atoms with Gasteiger partial charge in [0.05, 0.1) is 11.5 Å². The van der Waals surface area contributed by atoms with Crippen molar-refractivity contribution in [1.82, 2.24) is 9.21 Å². The molecule has 0 aromatic heterocycles. The number of ether oxygens (including phenoxy) is 1. The van der Waals surface area contributed by atoms with Crippen LogP contribution in [0.3, 0.4) is 0 Å². The van der Waals surface area contributed by atoms with Gasteiger partial charge in [-0.1, -0.05) is 12.1 Å². The number of sulfonamides is 1. The van der Waals surface area contributed by atoms with Crippen molar-refractivity contribution >= 4 is 16.0 Å². The Kier molecular flexibility index (Phi) is 6.98. The molecule has 1 heterocycles. The van der Waals surface area contributed by atoms with Gasteiger partial charge in [-0.25, -0.2) is 8.42 Å². The van der Waals surface area contributed by atoms with Gasteiger partial charge in [0, 0.05) is 32.6 Å². The third-order valence-electron chi connectivity index (χ3n) is 4.45. The van der Waals surface area contributed by atoms with Gasteiger partial charge in [0.25, 0.3) is 0 Å². The molecular weight excluding hydrogens is 340 g/mol. The van der Waals surface area contributed by atoms with Crippen molar-refractivity contribution in [3.63, 3.8) is 0 Å². The van der Waals surface area contributed by atoms with E-state index in [0.29, 0.717) is 44.1 Å². The summed E-state index contributed by atoms with van der Waals surface area (Å²) < 4.78 is 32.3. The van der Waals surface area contributed by atoms with E-state index in [4.69, 9.17) is 4.74 Å². The lowest BCUT2D eigenvalue weighted by molar-refractivity contribution is -0.143. The molecule has 1 aromatic rings. The zero-order chi connectivity index (χ0) is 18.4. The number of piperazine rings is 1. The Labute approximate surface area is 150 Å². The van der Waals surface area contributed by atoms with Crippen LogP contribution in [0, 0.1) is 13.8 Å². The number of nitrogens with zero attached hydrogens (tertiary/aromatic N) is 2. The summed E-state index contributed by atoms with van der Waals surface area (Å²) in [5, 5.41) is 0. The number of hydrogen-bond acceptors (Lipinski definition) is 5. The van der Waals surface area contributed by atoms with Gasteiger partial charge in [0.15, 0.2) is 0 Å². The van der Waals surface area contributed by atoms with E-state index < -0.39 is 10.0 Å². The molecule has 1 aromatic carbocycles. The smallest absolute Gasteiger partial charge is 0.305 e. The highest BCUT2D eigenvalue weighted by Gasteiger charge is 2.29. The minimum atomic E-state index is -3.45. The molecule has 0 N–H and O–H groups in total. The van der Waals surface area contributed by atoms with Gasteiger partial charge in [-0.2, -0.15) is 4.31 Å². The summed E-state index contributed by atoms with van der Waals surface area (Å²) in [5.41, 5.74) is 1.73. The Morgan fingerprint density at radius 3 is 2.48 bits per heavy atom. The Morgan fingerprint density at radius 1 is 1.16 bits per heavy atom. The molecule has 7 heteroatoms. The van der Waals surface area contributed by atoms with Crippen LogP contribution in [0.1, 0.15) is 30.9 Å². The Morgan fingerprint density at radius 2 is 1.84 bits per heavy atom. The lowest BCUT2D eigenvalue weighted by atomic mass is 10.2. The maximum atomic E-state index is 12.9. The molecule has 25 heavy (non-hydrogen) atoms. The van der Waals surface area contributed by atoms with Gasteiger partial charge in [-0.15, -0.1) is 0 Å². The van der Waals surface area contributed by atoms with Crippen LogP contribution in [0.2, 0.25) is 0 Å². The fourth-order valence-electron chi connectivity index (χ4n) is 3.00. The quantitative estimate of drug-likeness (QED) is 0.688. The molecule has 140 valence electrons. The summed E-state index contributed by atoms with van der Waals surface area (Å²) in [6, 6.07) is 5.53. The van der Waals surface area contributed by atoms with E-state index in [9.17, 15) is 13.2 Å². The van der Waals surface area contributed by atoms with E-state index in [1.807, 2.05) is 26.0 Å². The molecule has 0 amide bonds. The van der Waals surface area contributed by atoms with Gasteiger partial charge < -0.3 is 9.64 Å². The zero-order valence-electron chi connectivity index (χ0n) is 15.3. The Bertz CT molecular complexity index is 695. The number of benzene rings is 1. The van der Waals surface area contributed by atoms with Crippen LogP contribution in [0.15, 0.2) is 23.1 Å². The van der Waals surface area contributed by atoms with Gasteiger partial charge in [-0.3, -0.25) is 4.79 Å². The first-order chi connectivity index (χ1) is 11.8. The van der Waals surface area contributed by atoms with E-state index in [2.05, 4.69) is 4.90 Å². The second-order valence-electron chi connectivity index (χ2n) is 6.42. The van der Waals surface area contributed by atoms with Crippen molar-refractivity contribution in [2.75, 3.05) is 39.3 Å². The lowest BCUT2D eigenvalue weighted by Gasteiger charge is -2.34. The SMILES string of the molecule is CCOC(=O)CCCN1CCN(S(=O)(=O)c2cc(C)ccc2C)CC1. The molecular formula is C18H28N2O4S. The van der Waals surface area contributed by atoms with Gasteiger partial charge in [0.1, 0.15) is 0 Å². The number of carbonyl (C=O) groups is 1. The molecule has 1 fully saturated rings. The average molecular weight is 368 g/mol. The maximum Gasteiger partial charge on any atom is 0.305 e. The summed E-state index contributed by atoms with van der Waals surface area (Å²) in [7, 11) is -3.45. The summed E-state index contributed by atoms with van der Waals surface area (Å²) in [5.74, 6) is -0.168. The maximum absolute atomic E-state index is 12.9. The second kappa shape index (κ2) is 8.78. The Hall–Kier alpha value is -1.44. The van der Waals surface area contributed by atoms with Crippen molar-refractivity contribution in [2.45, 2.75) is 38.5 Å². The summed E-state index contributed by atoms with van der Waals surface area (Å²) >= 11 is 0. The van der Waals surface area contributed by atoms with Crippen LogP contribution in [-0.2, 0) is 19.6 Å². The van der Waals surface area contributed by atoms with Crippen molar-refractivity contribution in [2.24, 2.45) is 0 Å². The third kappa shape index (κ3) is 5.26. The van der Waals surface area contributed by atoms with E-state index in [0.717, 1.165) is 24.1 Å². The van der Waals surface area contributed by atoms with Gasteiger partial charge >= 0.3 is 5.97 Å². The van der Waals surface area contributed by atoms with E-state index in [1.54, 1.807) is 17.3 Å². The fourth-order valence-corrected chi connectivity index (χ4v) is 4.73. The van der Waals surface area contributed by atoms with Crippen LogP contribution in [-0.4, -0.2) is 62.9 Å². The van der Waals surface area contributed by atoms with Crippen molar-refractivity contribution in [1.29, 1.82) is 0 Å². The molecule has 0 atom stereocenters. The lowest BCUT2D eigenvalue weighted by Crippen LogP contribution is -2.48. The highest BCUT2D eigenvalue weighted by Crippen LogP contribution is 2.22. The van der Waals surface area contributed by atoms with Crippen LogP contribution in [0.25, 0.3) is 0 Å². The minimum Gasteiger partial charge on any atom is -0.466 e. The highest BCUT2D eigenvalue weighted by atomic mass is 32.2. The number of hydrogen-bond donors (Lipinski definition) is 0. The molecule has 0 radical (unpaired) electrons. The molecule has 0 bridgehead atoms. The first kappa shape index (κ1) is 19.9. The molecule has 0 spiro atoms. The normalized spacial score (nSPS) is 16.8. The van der Waals surface area contributed by atoms with E-state index in [1.165, 1.54) is 0 Å². The topological polar surface area (TPSA) is 66.9 Å². The van der Waals surface area contributed by atoms with Crippen LogP contribution < -0.4 is 0 Å². The fraction of sp³-hybridized carbons (Fsp3) is 0.611. The molecule has 0 aliphatic carbocycles. The average Bonchev–Trinajstić information content (AvgIpc) is 2.57. The molecule has 0 unspecified atom stereocenters. The predicted molar refractivity (Wildman–Crippen MR) is 97.0 cm³/mol. The zero-order valence-corrected chi connectivity index (χ0v) is 16.1. The number of rotatable bonds is 7. The third-order valence-corrected chi connectivity index (χ3v) is 6.49. The predicted octanol–water partition coefficient (Wildman–Crippen LogP) is 1.95. The van der Waals surface area contributed by atoms with E-state index >= 15 is 0 Å². The first-order valence-electron chi connectivity index (χ1n) is 8.80. The van der Waals surface area contributed by atoms with Crippen LogP contribution >= 0.6 is 0 Å². The van der Waals surface area contributed by atoms with Crippen molar-refractivity contribution < 1.29 is 17.9 Å². The molecule has 6 nitrogen and oxygen atoms in total.